The number of carbonyl (C=O) groups excluding carboxylic acids is 2. The Bertz CT molecular complexity index is 842. The van der Waals surface area contributed by atoms with Crippen LogP contribution in [0.1, 0.15) is 21.5 Å². The maximum absolute atomic E-state index is 12.0. The van der Waals surface area contributed by atoms with Gasteiger partial charge in [-0.25, -0.2) is 4.79 Å². The number of methoxy groups -OCH3 is 1. The highest BCUT2D eigenvalue weighted by Gasteiger charge is 2.16. The van der Waals surface area contributed by atoms with E-state index in [1.165, 1.54) is 18.7 Å². The molecule has 0 saturated carbocycles. The molecule has 6 nitrogen and oxygen atoms in total. The van der Waals surface area contributed by atoms with Crippen LogP contribution < -0.4 is 5.32 Å². The molecule has 1 fully saturated rings. The lowest BCUT2D eigenvalue weighted by molar-refractivity contribution is -0.116. The van der Waals surface area contributed by atoms with Crippen LogP contribution in [0, 0.1) is 0 Å². The molecule has 1 aliphatic rings. The van der Waals surface area contributed by atoms with Gasteiger partial charge >= 0.3 is 5.97 Å². The molecule has 1 N–H and O–H groups in total. The van der Waals surface area contributed by atoms with Crippen LogP contribution in [0.2, 0.25) is 0 Å². The number of ether oxygens (including phenoxy) is 1. The van der Waals surface area contributed by atoms with Gasteiger partial charge < -0.3 is 10.1 Å². The van der Waals surface area contributed by atoms with Crippen molar-refractivity contribution in [3.05, 3.63) is 77.4 Å². The Hall–Kier alpha value is -2.96. The Morgan fingerprint density at radius 2 is 1.63 bits per heavy atom. The summed E-state index contributed by atoms with van der Waals surface area (Å²) in [6, 6.07) is 17.5. The summed E-state index contributed by atoms with van der Waals surface area (Å²) in [4.78, 5) is 28.3. The van der Waals surface area contributed by atoms with E-state index in [2.05, 4.69) is 44.1 Å². The fourth-order valence-corrected chi connectivity index (χ4v) is 3.43. The molecule has 30 heavy (non-hydrogen) atoms. The Morgan fingerprint density at radius 1 is 0.967 bits per heavy atom. The first-order chi connectivity index (χ1) is 14.6. The molecule has 158 valence electrons. The quantitative estimate of drug-likeness (QED) is 0.538. The minimum Gasteiger partial charge on any atom is -0.465 e. The van der Waals surface area contributed by atoms with Crippen LogP contribution in [-0.2, 0) is 16.1 Å². The number of hydrogen-bond acceptors (Lipinski definition) is 5. The average Bonchev–Trinajstić information content (AvgIpc) is 2.79. The maximum Gasteiger partial charge on any atom is 0.337 e. The minimum atomic E-state index is -0.371. The van der Waals surface area contributed by atoms with Crippen molar-refractivity contribution in [2.75, 3.05) is 46.4 Å². The van der Waals surface area contributed by atoms with Crippen molar-refractivity contribution in [3.8, 4) is 0 Å². The first-order valence-electron chi connectivity index (χ1n) is 10.3. The lowest BCUT2D eigenvalue weighted by Gasteiger charge is -2.34. The molecule has 0 aromatic heterocycles. The average molecular weight is 408 g/mol. The van der Waals surface area contributed by atoms with E-state index >= 15 is 0 Å². The number of amides is 1. The maximum atomic E-state index is 12.0. The van der Waals surface area contributed by atoms with E-state index in [4.69, 9.17) is 0 Å². The summed E-state index contributed by atoms with van der Waals surface area (Å²) in [5, 5.41) is 2.93. The van der Waals surface area contributed by atoms with Crippen LogP contribution in [0.5, 0.6) is 0 Å². The molecule has 0 unspecified atom stereocenters. The standard InChI is InChI=1S/C24H29N3O3/c1-30-24(29)22-10-7-20(8-11-22)9-12-23(28)25-13-14-26-15-17-27(18-16-26)19-21-5-3-2-4-6-21/h2-12H,13-19H2,1H3,(H,25,28)/b12-9+. The van der Waals surface area contributed by atoms with Gasteiger partial charge in [-0.1, -0.05) is 42.5 Å². The zero-order valence-corrected chi connectivity index (χ0v) is 17.4. The smallest absolute Gasteiger partial charge is 0.337 e. The summed E-state index contributed by atoms with van der Waals surface area (Å²) in [6.45, 7) is 6.61. The third kappa shape index (κ3) is 6.83. The third-order valence-corrected chi connectivity index (χ3v) is 5.20. The van der Waals surface area contributed by atoms with Crippen molar-refractivity contribution in [1.29, 1.82) is 0 Å². The predicted molar refractivity (Wildman–Crippen MR) is 118 cm³/mol. The van der Waals surface area contributed by atoms with Crippen molar-refractivity contribution in [2.24, 2.45) is 0 Å². The molecule has 0 atom stereocenters. The van der Waals surface area contributed by atoms with Crippen LogP contribution >= 0.6 is 0 Å². The lowest BCUT2D eigenvalue weighted by Crippen LogP contribution is -2.47. The number of nitrogens with zero attached hydrogens (tertiary/aromatic N) is 2. The second-order valence-electron chi connectivity index (χ2n) is 7.34. The van der Waals surface area contributed by atoms with Crippen LogP contribution in [0.25, 0.3) is 6.08 Å². The molecular formula is C24H29N3O3. The third-order valence-electron chi connectivity index (χ3n) is 5.20. The van der Waals surface area contributed by atoms with Gasteiger partial charge in [-0.15, -0.1) is 0 Å². The highest BCUT2D eigenvalue weighted by atomic mass is 16.5. The second kappa shape index (κ2) is 11.3. The summed E-state index contributed by atoms with van der Waals surface area (Å²) >= 11 is 0. The summed E-state index contributed by atoms with van der Waals surface area (Å²) in [7, 11) is 1.35. The number of benzene rings is 2. The van der Waals surface area contributed by atoms with E-state index in [0.717, 1.165) is 44.8 Å². The summed E-state index contributed by atoms with van der Waals surface area (Å²) in [5.41, 5.74) is 2.69. The van der Waals surface area contributed by atoms with Crippen molar-refractivity contribution in [2.45, 2.75) is 6.54 Å². The summed E-state index contributed by atoms with van der Waals surface area (Å²) < 4.78 is 4.67. The van der Waals surface area contributed by atoms with E-state index in [9.17, 15) is 9.59 Å². The normalized spacial score (nSPS) is 15.2. The summed E-state index contributed by atoms with van der Waals surface area (Å²) in [5.74, 6) is -0.487. The molecule has 0 aliphatic carbocycles. The second-order valence-corrected chi connectivity index (χ2v) is 7.34. The predicted octanol–water partition coefficient (Wildman–Crippen LogP) is 2.42. The first kappa shape index (κ1) is 21.7. The Kier molecular flexibility index (Phi) is 8.18. The topological polar surface area (TPSA) is 61.9 Å². The first-order valence-corrected chi connectivity index (χ1v) is 10.3. The molecule has 6 heteroatoms. The van der Waals surface area contributed by atoms with Gasteiger partial charge in [-0.05, 0) is 29.3 Å². The van der Waals surface area contributed by atoms with Crippen LogP contribution in [-0.4, -0.2) is 68.1 Å². The van der Waals surface area contributed by atoms with Crippen LogP contribution in [0.15, 0.2) is 60.7 Å². The molecule has 2 aromatic rings. The van der Waals surface area contributed by atoms with Crippen molar-refractivity contribution in [1.82, 2.24) is 15.1 Å². The number of esters is 1. The van der Waals surface area contributed by atoms with Gasteiger partial charge in [0.2, 0.25) is 5.91 Å². The largest absolute Gasteiger partial charge is 0.465 e. The van der Waals surface area contributed by atoms with E-state index in [0.29, 0.717) is 12.1 Å². The number of rotatable bonds is 8. The number of nitrogens with one attached hydrogen (secondary N) is 1. The number of piperazine rings is 1. The molecule has 1 amide bonds. The van der Waals surface area contributed by atoms with Gasteiger partial charge in [0.25, 0.3) is 0 Å². The monoisotopic (exact) mass is 407 g/mol. The Morgan fingerprint density at radius 3 is 2.30 bits per heavy atom. The van der Waals surface area contributed by atoms with Crippen LogP contribution in [0.3, 0.4) is 0 Å². The molecule has 1 saturated heterocycles. The Balaban J connectivity index is 1.33. The van der Waals surface area contributed by atoms with Gasteiger partial charge in [-0.2, -0.15) is 0 Å². The molecule has 2 aromatic carbocycles. The molecule has 0 bridgehead atoms. The van der Waals surface area contributed by atoms with E-state index in [-0.39, 0.29) is 11.9 Å². The number of hydrogen-bond donors (Lipinski definition) is 1. The molecule has 1 heterocycles. The minimum absolute atomic E-state index is 0.116. The van der Waals surface area contributed by atoms with Gasteiger partial charge in [0.1, 0.15) is 0 Å². The molecule has 0 radical (unpaired) electrons. The fourth-order valence-electron chi connectivity index (χ4n) is 3.43. The molecule has 3 rings (SSSR count). The lowest BCUT2D eigenvalue weighted by atomic mass is 10.1. The van der Waals surface area contributed by atoms with E-state index in [1.54, 1.807) is 30.3 Å². The highest BCUT2D eigenvalue weighted by Crippen LogP contribution is 2.09. The van der Waals surface area contributed by atoms with Crippen molar-refractivity contribution < 1.29 is 14.3 Å². The van der Waals surface area contributed by atoms with Crippen molar-refractivity contribution in [3.63, 3.8) is 0 Å². The fraction of sp³-hybridized carbons (Fsp3) is 0.333. The van der Waals surface area contributed by atoms with E-state index in [1.807, 2.05) is 6.07 Å². The molecular weight excluding hydrogens is 378 g/mol. The summed E-state index contributed by atoms with van der Waals surface area (Å²) in [6.07, 6.45) is 3.25. The Labute approximate surface area is 178 Å². The molecule has 0 spiro atoms. The molecule has 1 aliphatic heterocycles. The van der Waals surface area contributed by atoms with Gasteiger partial charge in [0.15, 0.2) is 0 Å². The highest BCUT2D eigenvalue weighted by molar-refractivity contribution is 5.92. The van der Waals surface area contributed by atoms with E-state index < -0.39 is 0 Å². The SMILES string of the molecule is COC(=O)c1ccc(/C=C/C(=O)NCCN2CCN(Cc3ccccc3)CC2)cc1. The van der Waals surface area contributed by atoms with Crippen molar-refractivity contribution >= 4 is 18.0 Å². The zero-order chi connectivity index (χ0) is 21.2. The number of carbonyl (C=O) groups is 2. The van der Waals surface area contributed by atoms with Crippen LogP contribution in [0.4, 0.5) is 0 Å². The zero-order valence-electron chi connectivity index (χ0n) is 17.4. The van der Waals surface area contributed by atoms with Gasteiger partial charge in [0.05, 0.1) is 12.7 Å². The van der Waals surface area contributed by atoms with Gasteiger partial charge in [-0.3, -0.25) is 14.6 Å². The van der Waals surface area contributed by atoms with Gasteiger partial charge in [0, 0.05) is 51.9 Å².